The number of aliphatic hydroxyl groups excluding tert-OH is 1. The van der Waals surface area contributed by atoms with Crippen molar-refractivity contribution in [2.45, 2.75) is 16.0 Å². The van der Waals surface area contributed by atoms with Crippen molar-refractivity contribution in [2.75, 3.05) is 12.4 Å². The number of hydrogen-bond donors (Lipinski definition) is 1. The van der Waals surface area contributed by atoms with Gasteiger partial charge in [-0.3, -0.25) is 4.79 Å². The number of aliphatic hydroxyl groups is 1. The van der Waals surface area contributed by atoms with E-state index in [0.717, 1.165) is 0 Å². The van der Waals surface area contributed by atoms with Crippen LogP contribution in [-0.4, -0.2) is 44.0 Å². The van der Waals surface area contributed by atoms with Crippen LogP contribution in [0.15, 0.2) is 9.98 Å². The third-order valence-electron chi connectivity index (χ3n) is 1.73. The lowest BCUT2D eigenvalue weighted by Gasteiger charge is -2.20. The Hall–Kier alpha value is 0.190. The molecule has 1 aliphatic heterocycles. The number of aliphatic imine (C=N–C) groups is 2. The first-order valence-electron chi connectivity index (χ1n) is 4.33. The van der Waals surface area contributed by atoms with Crippen LogP contribution >= 0.6 is 46.6 Å². The maximum Gasteiger partial charge on any atom is 0.266 e. The minimum atomic E-state index is -1.79. The van der Waals surface area contributed by atoms with E-state index in [0.29, 0.717) is 11.5 Å². The zero-order valence-electron chi connectivity index (χ0n) is 8.28. The van der Waals surface area contributed by atoms with Crippen molar-refractivity contribution in [1.29, 1.82) is 0 Å². The van der Waals surface area contributed by atoms with Gasteiger partial charge in [-0.05, 0) is 6.92 Å². The van der Waals surface area contributed by atoms with Gasteiger partial charge >= 0.3 is 0 Å². The van der Waals surface area contributed by atoms with Gasteiger partial charge in [-0.1, -0.05) is 34.8 Å². The largest absolute Gasteiger partial charge is 0.396 e. The number of rotatable bonds is 3. The Kier molecular flexibility index (Phi) is 5.07. The average molecular weight is 304 g/mol. The Bertz CT molecular complexity index is 352. The highest BCUT2D eigenvalue weighted by atomic mass is 35.6. The number of amidine groups is 1. The van der Waals surface area contributed by atoms with E-state index < -0.39 is 14.9 Å². The van der Waals surface area contributed by atoms with Gasteiger partial charge < -0.3 is 5.11 Å². The number of halogens is 3. The fourth-order valence-corrected chi connectivity index (χ4v) is 2.17. The number of nitrogens with zero attached hydrogens (tertiary/aromatic N) is 2. The number of carbonyl (C=O) groups is 1. The topological polar surface area (TPSA) is 62.0 Å². The Morgan fingerprint density at radius 3 is 2.50 bits per heavy atom. The third kappa shape index (κ3) is 3.60. The van der Waals surface area contributed by atoms with E-state index in [9.17, 15) is 4.79 Å². The van der Waals surface area contributed by atoms with Gasteiger partial charge in [0.25, 0.3) is 5.91 Å². The van der Waals surface area contributed by atoms with Gasteiger partial charge in [0, 0.05) is 11.5 Å². The zero-order valence-corrected chi connectivity index (χ0v) is 11.4. The molecule has 0 fully saturated rings. The first kappa shape index (κ1) is 14.3. The summed E-state index contributed by atoms with van der Waals surface area (Å²) in [5, 5.41) is 8.18. The predicted molar refractivity (Wildman–Crippen MR) is 69.2 cm³/mol. The van der Waals surface area contributed by atoms with Crippen molar-refractivity contribution in [3.63, 3.8) is 0 Å². The lowest BCUT2D eigenvalue weighted by molar-refractivity contribution is -0.116. The third-order valence-corrected chi connectivity index (χ3v) is 3.53. The number of hydrogen-bond acceptors (Lipinski definition) is 4. The second kappa shape index (κ2) is 5.69. The van der Waals surface area contributed by atoms with Crippen molar-refractivity contribution < 1.29 is 9.90 Å². The number of amides is 1. The van der Waals surface area contributed by atoms with E-state index in [2.05, 4.69) is 9.98 Å². The molecule has 1 heterocycles. The molecule has 0 saturated carbocycles. The summed E-state index contributed by atoms with van der Waals surface area (Å²) in [6, 6.07) is 0. The first-order valence-corrected chi connectivity index (χ1v) is 6.52. The molecular formula is C8H9Cl3N2O2S. The molecule has 0 aliphatic carbocycles. The monoisotopic (exact) mass is 302 g/mol. The molecule has 4 nitrogen and oxygen atoms in total. The van der Waals surface area contributed by atoms with Crippen LogP contribution in [-0.2, 0) is 4.79 Å². The molecule has 0 aromatic heterocycles. The van der Waals surface area contributed by atoms with Gasteiger partial charge in [-0.25, -0.2) is 4.99 Å². The summed E-state index contributed by atoms with van der Waals surface area (Å²) in [5.41, 5.74) is 0.528. The van der Waals surface area contributed by atoms with Gasteiger partial charge in [0.15, 0.2) is 5.84 Å². The molecule has 0 aromatic carbocycles. The van der Waals surface area contributed by atoms with Crippen molar-refractivity contribution in [3.8, 4) is 0 Å². The van der Waals surface area contributed by atoms with Gasteiger partial charge in [-0.15, -0.1) is 11.8 Å². The van der Waals surface area contributed by atoms with E-state index in [1.54, 1.807) is 6.92 Å². The standard InChI is InChI=1S/C8H9Cl3N2O2S/c1-4-5(16-3-2-14)6(15)13-7(12-4)8(9,10)11/h5,14H,2-3H2,1H3. The van der Waals surface area contributed by atoms with Crippen LogP contribution in [0, 0.1) is 0 Å². The highest BCUT2D eigenvalue weighted by Gasteiger charge is 2.35. The molecule has 0 spiro atoms. The molecule has 1 atom stereocenters. The first-order chi connectivity index (χ1) is 7.36. The summed E-state index contributed by atoms with van der Waals surface area (Å²) < 4.78 is -1.79. The second-order valence-corrected chi connectivity index (χ2v) is 6.49. The molecule has 0 bridgehead atoms. The van der Waals surface area contributed by atoms with Crippen molar-refractivity contribution in [2.24, 2.45) is 9.98 Å². The molecule has 0 saturated heterocycles. The zero-order chi connectivity index (χ0) is 12.3. The van der Waals surface area contributed by atoms with Crippen molar-refractivity contribution >= 4 is 64.0 Å². The van der Waals surface area contributed by atoms with Gasteiger partial charge in [0.2, 0.25) is 3.79 Å². The summed E-state index contributed by atoms with van der Waals surface area (Å²) in [5.74, 6) is -0.0878. The van der Waals surface area contributed by atoms with Crippen LogP contribution < -0.4 is 0 Å². The van der Waals surface area contributed by atoms with Gasteiger partial charge in [0.1, 0.15) is 5.25 Å². The molecule has 16 heavy (non-hydrogen) atoms. The minimum absolute atomic E-state index is 0.0112. The normalized spacial score (nSPS) is 21.8. The summed E-state index contributed by atoms with van der Waals surface area (Å²) in [6.45, 7) is 1.65. The Balaban J connectivity index is 2.85. The quantitative estimate of drug-likeness (QED) is 0.809. The second-order valence-electron chi connectivity index (χ2n) is 3.00. The Morgan fingerprint density at radius 2 is 2.06 bits per heavy atom. The fraction of sp³-hybridized carbons (Fsp3) is 0.625. The average Bonchev–Trinajstić information content (AvgIpc) is 2.15. The fourth-order valence-electron chi connectivity index (χ4n) is 1.08. The summed E-state index contributed by atoms with van der Waals surface area (Å²) in [6.07, 6.45) is 0. The lowest BCUT2D eigenvalue weighted by Crippen LogP contribution is -2.33. The highest BCUT2D eigenvalue weighted by Crippen LogP contribution is 2.31. The summed E-state index contributed by atoms with van der Waals surface area (Å²) >= 11 is 18.0. The molecule has 1 rings (SSSR count). The smallest absolute Gasteiger partial charge is 0.266 e. The van der Waals surface area contributed by atoms with E-state index in [1.807, 2.05) is 0 Å². The summed E-state index contributed by atoms with van der Waals surface area (Å²) in [7, 11) is 0. The Morgan fingerprint density at radius 1 is 1.44 bits per heavy atom. The van der Waals surface area contributed by atoms with E-state index in [-0.39, 0.29) is 12.4 Å². The summed E-state index contributed by atoms with van der Waals surface area (Å²) in [4.78, 5) is 19.2. The minimum Gasteiger partial charge on any atom is -0.396 e. The SMILES string of the molecule is CC1=NC(C(Cl)(Cl)Cl)=NC(=O)C1SCCO. The molecule has 1 aliphatic rings. The van der Waals surface area contributed by atoms with E-state index in [1.165, 1.54) is 11.8 Å². The van der Waals surface area contributed by atoms with Crippen LogP contribution in [0.2, 0.25) is 0 Å². The lowest BCUT2D eigenvalue weighted by atomic mass is 10.2. The molecule has 1 amide bonds. The van der Waals surface area contributed by atoms with Gasteiger partial charge in [-0.2, -0.15) is 4.99 Å². The molecular weight excluding hydrogens is 295 g/mol. The van der Waals surface area contributed by atoms with Crippen LogP contribution in [0.3, 0.4) is 0 Å². The maximum atomic E-state index is 11.6. The van der Waals surface area contributed by atoms with E-state index >= 15 is 0 Å². The van der Waals surface area contributed by atoms with Crippen LogP contribution in [0.25, 0.3) is 0 Å². The molecule has 0 radical (unpaired) electrons. The van der Waals surface area contributed by atoms with Gasteiger partial charge in [0.05, 0.1) is 6.61 Å². The van der Waals surface area contributed by atoms with Crippen molar-refractivity contribution in [1.82, 2.24) is 0 Å². The Labute approximate surface area is 112 Å². The van der Waals surface area contributed by atoms with Crippen LogP contribution in [0.4, 0.5) is 0 Å². The highest BCUT2D eigenvalue weighted by molar-refractivity contribution is 8.01. The van der Waals surface area contributed by atoms with Crippen LogP contribution in [0.1, 0.15) is 6.92 Å². The molecule has 1 N–H and O–H groups in total. The molecule has 8 heteroatoms. The molecule has 0 aromatic rings. The molecule has 1 unspecified atom stereocenters. The predicted octanol–water partition coefficient (Wildman–Crippen LogP) is 1.85. The number of carbonyl (C=O) groups excluding carboxylic acids is 1. The number of thioether (sulfide) groups is 1. The number of alkyl halides is 3. The van der Waals surface area contributed by atoms with E-state index in [4.69, 9.17) is 39.9 Å². The molecule has 90 valence electrons. The maximum absolute atomic E-state index is 11.6. The van der Waals surface area contributed by atoms with Crippen molar-refractivity contribution in [3.05, 3.63) is 0 Å². The van der Waals surface area contributed by atoms with Crippen LogP contribution in [0.5, 0.6) is 0 Å².